The molecule has 0 amide bonds. The third-order valence-corrected chi connectivity index (χ3v) is 6.45. The van der Waals surface area contributed by atoms with Gasteiger partial charge in [0, 0.05) is 6.54 Å². The molecule has 26 heavy (non-hydrogen) atoms. The molecular weight excluding hydrogens is 548 g/mol. The van der Waals surface area contributed by atoms with E-state index >= 15 is 0 Å². The van der Waals surface area contributed by atoms with Crippen molar-refractivity contribution in [1.29, 1.82) is 0 Å². The highest BCUT2D eigenvalue weighted by Crippen LogP contribution is 2.32. The van der Waals surface area contributed by atoms with Gasteiger partial charge in [0.25, 0.3) is 0 Å². The summed E-state index contributed by atoms with van der Waals surface area (Å²) in [5.74, 6) is 0. The molecule has 2 aromatic carbocycles. The molecule has 0 radical (unpaired) electrons. The molecule has 0 unspecified atom stereocenters. The van der Waals surface area contributed by atoms with Crippen LogP contribution in [-0.2, 0) is 6.54 Å². The molecule has 0 fully saturated rings. The summed E-state index contributed by atoms with van der Waals surface area (Å²) in [4.78, 5) is 13.0. The Kier molecular flexibility index (Phi) is 6.22. The van der Waals surface area contributed by atoms with Crippen molar-refractivity contribution in [2.24, 2.45) is 0 Å². The first-order valence-corrected chi connectivity index (χ1v) is 10.9. The van der Waals surface area contributed by atoms with Crippen molar-refractivity contribution in [3.63, 3.8) is 0 Å². The van der Waals surface area contributed by atoms with Gasteiger partial charge in [-0.15, -0.1) is 0 Å². The molecular formula is C22H21I2NO. The number of halogens is 2. The standard InChI is InChI=1S/C22H21I2NO/c1-4-13-25-20(16-9-5-14(2)6-10-16)18(23)22(26)19(24)21(25)17-11-7-15(3)8-12-17/h5-12H,4,13H2,1-3H3. The van der Waals surface area contributed by atoms with Crippen LogP contribution in [-0.4, -0.2) is 4.57 Å². The van der Waals surface area contributed by atoms with Crippen LogP contribution in [0.1, 0.15) is 24.5 Å². The van der Waals surface area contributed by atoms with Crippen LogP contribution in [0.25, 0.3) is 22.5 Å². The zero-order chi connectivity index (χ0) is 18.8. The molecule has 0 aliphatic carbocycles. The summed E-state index contributed by atoms with van der Waals surface area (Å²) in [5, 5.41) is 0. The molecule has 4 heteroatoms. The average molecular weight is 569 g/mol. The molecule has 1 heterocycles. The van der Waals surface area contributed by atoms with Gasteiger partial charge in [0.1, 0.15) is 0 Å². The van der Waals surface area contributed by atoms with Crippen molar-refractivity contribution in [3.05, 3.63) is 77.0 Å². The molecule has 0 saturated heterocycles. The SMILES string of the molecule is CCCn1c(-c2ccc(C)cc2)c(I)c(=O)c(I)c1-c1ccc(C)cc1. The molecule has 134 valence electrons. The number of nitrogens with zero attached hydrogens (tertiary/aromatic N) is 1. The minimum Gasteiger partial charge on any atom is -0.339 e. The Morgan fingerprint density at radius 3 is 1.50 bits per heavy atom. The summed E-state index contributed by atoms with van der Waals surface area (Å²) in [7, 11) is 0. The molecule has 0 spiro atoms. The predicted octanol–water partition coefficient (Wildman–Crippen LogP) is 6.42. The van der Waals surface area contributed by atoms with Crippen molar-refractivity contribution in [2.75, 3.05) is 0 Å². The van der Waals surface area contributed by atoms with Gasteiger partial charge in [-0.2, -0.15) is 0 Å². The van der Waals surface area contributed by atoms with E-state index in [0.717, 1.165) is 42.6 Å². The molecule has 1 aromatic heterocycles. The van der Waals surface area contributed by atoms with Crippen molar-refractivity contribution in [1.82, 2.24) is 4.57 Å². The molecule has 2 nitrogen and oxygen atoms in total. The van der Waals surface area contributed by atoms with Crippen LogP contribution in [0.15, 0.2) is 53.3 Å². The van der Waals surface area contributed by atoms with E-state index in [-0.39, 0.29) is 5.43 Å². The Morgan fingerprint density at radius 2 is 1.15 bits per heavy atom. The van der Waals surface area contributed by atoms with E-state index in [2.05, 4.69) is 119 Å². The lowest BCUT2D eigenvalue weighted by Gasteiger charge is -2.22. The first kappa shape index (κ1) is 19.6. The highest BCUT2D eigenvalue weighted by Gasteiger charge is 2.20. The third-order valence-electron chi connectivity index (χ3n) is 4.45. The van der Waals surface area contributed by atoms with E-state index in [4.69, 9.17) is 0 Å². The summed E-state index contributed by atoms with van der Waals surface area (Å²) >= 11 is 4.42. The Bertz CT molecular complexity index is 911. The zero-order valence-electron chi connectivity index (χ0n) is 15.1. The number of rotatable bonds is 4. The van der Waals surface area contributed by atoms with E-state index < -0.39 is 0 Å². The summed E-state index contributed by atoms with van der Waals surface area (Å²) in [6.07, 6.45) is 1.01. The Balaban J connectivity index is 2.38. The van der Waals surface area contributed by atoms with Gasteiger partial charge >= 0.3 is 0 Å². The second-order valence-corrected chi connectivity index (χ2v) is 8.70. The number of hydrogen-bond acceptors (Lipinski definition) is 1. The molecule has 3 rings (SSSR count). The smallest absolute Gasteiger partial charge is 0.209 e. The third kappa shape index (κ3) is 3.76. The highest BCUT2D eigenvalue weighted by atomic mass is 127. The second kappa shape index (κ2) is 8.25. The topological polar surface area (TPSA) is 22.0 Å². The van der Waals surface area contributed by atoms with Crippen LogP contribution in [0.4, 0.5) is 0 Å². The van der Waals surface area contributed by atoms with E-state index in [1.807, 2.05) is 0 Å². The number of hydrogen-bond donors (Lipinski definition) is 0. The van der Waals surface area contributed by atoms with Crippen molar-refractivity contribution < 1.29 is 0 Å². The fourth-order valence-electron chi connectivity index (χ4n) is 3.10. The average Bonchev–Trinajstić information content (AvgIpc) is 2.63. The number of aryl methyl sites for hydroxylation is 2. The lowest BCUT2D eigenvalue weighted by Crippen LogP contribution is -2.21. The summed E-state index contributed by atoms with van der Waals surface area (Å²) in [6.45, 7) is 7.22. The fourth-order valence-corrected chi connectivity index (χ4v) is 5.36. The molecule has 0 bridgehead atoms. The largest absolute Gasteiger partial charge is 0.339 e. The van der Waals surface area contributed by atoms with Crippen LogP contribution in [0, 0.1) is 21.0 Å². The van der Waals surface area contributed by atoms with Crippen molar-refractivity contribution in [2.45, 2.75) is 33.7 Å². The van der Waals surface area contributed by atoms with Gasteiger partial charge in [0.2, 0.25) is 5.43 Å². The van der Waals surface area contributed by atoms with E-state index in [1.165, 1.54) is 11.1 Å². The van der Waals surface area contributed by atoms with Crippen molar-refractivity contribution in [3.8, 4) is 22.5 Å². The molecule has 3 aromatic rings. The lowest BCUT2D eigenvalue weighted by molar-refractivity contribution is 0.682. The maximum Gasteiger partial charge on any atom is 0.209 e. The Hall–Kier alpha value is -1.15. The van der Waals surface area contributed by atoms with Gasteiger partial charge in [-0.1, -0.05) is 66.6 Å². The normalized spacial score (nSPS) is 11.0. The minimum absolute atomic E-state index is 0.115. The lowest BCUT2D eigenvalue weighted by atomic mass is 10.0. The Labute approximate surface area is 181 Å². The predicted molar refractivity (Wildman–Crippen MR) is 127 cm³/mol. The molecule has 0 N–H and O–H groups in total. The minimum atomic E-state index is 0.115. The van der Waals surface area contributed by atoms with Crippen molar-refractivity contribution >= 4 is 45.2 Å². The van der Waals surface area contributed by atoms with E-state index in [0.29, 0.717) is 0 Å². The molecule has 0 saturated carbocycles. The maximum atomic E-state index is 13.0. The Morgan fingerprint density at radius 1 is 0.769 bits per heavy atom. The number of pyridine rings is 1. The van der Waals surface area contributed by atoms with Gasteiger partial charge in [-0.25, -0.2) is 0 Å². The fraction of sp³-hybridized carbons (Fsp3) is 0.227. The molecule has 0 aliphatic rings. The monoisotopic (exact) mass is 569 g/mol. The quantitative estimate of drug-likeness (QED) is 0.333. The van der Waals surface area contributed by atoms with Crippen LogP contribution in [0.5, 0.6) is 0 Å². The maximum absolute atomic E-state index is 13.0. The van der Waals surface area contributed by atoms with Gasteiger partial charge in [-0.05, 0) is 76.6 Å². The summed E-state index contributed by atoms with van der Waals surface area (Å²) in [6, 6.07) is 16.9. The second-order valence-electron chi connectivity index (χ2n) is 6.54. The van der Waals surface area contributed by atoms with E-state index in [9.17, 15) is 4.79 Å². The van der Waals surface area contributed by atoms with Crippen LogP contribution in [0.2, 0.25) is 0 Å². The van der Waals surface area contributed by atoms with Gasteiger partial charge < -0.3 is 4.57 Å². The van der Waals surface area contributed by atoms with Gasteiger partial charge in [-0.3, -0.25) is 4.79 Å². The first-order valence-electron chi connectivity index (χ1n) is 8.70. The highest BCUT2D eigenvalue weighted by molar-refractivity contribution is 14.1. The summed E-state index contributed by atoms with van der Waals surface area (Å²) < 4.78 is 3.90. The first-order chi connectivity index (χ1) is 12.4. The van der Waals surface area contributed by atoms with E-state index in [1.54, 1.807) is 0 Å². The molecule has 0 atom stereocenters. The summed E-state index contributed by atoms with van der Waals surface area (Å²) in [5.41, 5.74) is 6.78. The van der Waals surface area contributed by atoms with Crippen LogP contribution >= 0.6 is 45.2 Å². The van der Waals surface area contributed by atoms with Gasteiger partial charge in [0.15, 0.2) is 0 Å². The number of benzene rings is 2. The van der Waals surface area contributed by atoms with Crippen LogP contribution in [0.3, 0.4) is 0 Å². The van der Waals surface area contributed by atoms with Crippen LogP contribution < -0.4 is 5.43 Å². The molecule has 0 aliphatic heterocycles. The van der Waals surface area contributed by atoms with Gasteiger partial charge in [0.05, 0.1) is 18.5 Å². The number of aromatic nitrogens is 1. The zero-order valence-corrected chi connectivity index (χ0v) is 19.5.